The van der Waals surface area contributed by atoms with Gasteiger partial charge in [-0.1, -0.05) is 11.6 Å². The molecule has 0 saturated carbocycles. The van der Waals surface area contributed by atoms with E-state index in [1.807, 2.05) is 0 Å². The molecule has 0 fully saturated rings. The van der Waals surface area contributed by atoms with Gasteiger partial charge >= 0.3 is 6.18 Å². The number of hydrogen-bond donors (Lipinski definition) is 0. The lowest BCUT2D eigenvalue weighted by Gasteiger charge is -2.08. The van der Waals surface area contributed by atoms with Crippen LogP contribution in [0.5, 0.6) is 0 Å². The predicted octanol–water partition coefficient (Wildman–Crippen LogP) is 4.31. The third-order valence-corrected chi connectivity index (χ3v) is 3.23. The SMILES string of the molecule is Cc1cc(C)nc(Sc2cc(C(F)(F)F)cc(Cl)n2)n1. The van der Waals surface area contributed by atoms with E-state index in [2.05, 4.69) is 15.0 Å². The second-order valence-corrected chi connectivity index (χ2v) is 5.42. The number of aromatic nitrogens is 3. The van der Waals surface area contributed by atoms with Crippen molar-refractivity contribution >= 4 is 23.4 Å². The fourth-order valence-corrected chi connectivity index (χ4v) is 2.68. The Labute approximate surface area is 122 Å². The van der Waals surface area contributed by atoms with Crippen molar-refractivity contribution in [2.24, 2.45) is 0 Å². The van der Waals surface area contributed by atoms with Crippen LogP contribution < -0.4 is 0 Å². The smallest absolute Gasteiger partial charge is 0.229 e. The first-order valence-electron chi connectivity index (χ1n) is 5.49. The molecule has 8 heteroatoms. The number of pyridine rings is 1. The normalized spacial score (nSPS) is 11.7. The summed E-state index contributed by atoms with van der Waals surface area (Å²) in [6.45, 7) is 3.57. The minimum absolute atomic E-state index is 0.106. The Bertz CT molecular complexity index is 626. The topological polar surface area (TPSA) is 38.7 Å². The standard InChI is InChI=1S/C12H9ClF3N3S/c1-6-3-7(2)18-11(17-6)20-10-5-8(12(14,15)16)4-9(13)19-10/h3-5H,1-2H3. The molecule has 3 nitrogen and oxygen atoms in total. The first-order valence-corrected chi connectivity index (χ1v) is 6.68. The quantitative estimate of drug-likeness (QED) is 0.610. The fourth-order valence-electron chi connectivity index (χ4n) is 1.52. The van der Waals surface area contributed by atoms with Crippen molar-refractivity contribution in [3.8, 4) is 0 Å². The molecule has 0 amide bonds. The van der Waals surface area contributed by atoms with Crippen molar-refractivity contribution in [3.63, 3.8) is 0 Å². The van der Waals surface area contributed by atoms with E-state index in [9.17, 15) is 13.2 Å². The molecule has 0 N–H and O–H groups in total. The second kappa shape index (κ2) is 5.57. The maximum Gasteiger partial charge on any atom is 0.416 e. The molecule has 2 aromatic rings. The van der Waals surface area contributed by atoms with E-state index in [4.69, 9.17) is 11.6 Å². The van der Waals surface area contributed by atoms with E-state index >= 15 is 0 Å². The van der Waals surface area contributed by atoms with Crippen LogP contribution in [-0.4, -0.2) is 15.0 Å². The average molecular weight is 320 g/mol. The van der Waals surface area contributed by atoms with E-state index in [1.165, 1.54) is 0 Å². The Balaban J connectivity index is 2.36. The van der Waals surface area contributed by atoms with Crippen LogP contribution in [0.3, 0.4) is 0 Å². The second-order valence-electron chi connectivity index (χ2n) is 4.05. The molecule has 106 valence electrons. The Morgan fingerprint density at radius 2 is 1.60 bits per heavy atom. The molecule has 2 aromatic heterocycles. The van der Waals surface area contributed by atoms with Gasteiger partial charge in [0, 0.05) is 11.4 Å². The van der Waals surface area contributed by atoms with Gasteiger partial charge in [-0.05, 0) is 43.8 Å². The molecule has 0 saturated heterocycles. The van der Waals surface area contributed by atoms with Crippen molar-refractivity contribution in [1.82, 2.24) is 15.0 Å². The van der Waals surface area contributed by atoms with Crippen molar-refractivity contribution in [2.45, 2.75) is 30.2 Å². The summed E-state index contributed by atoms with van der Waals surface area (Å²) in [5, 5.41) is 0.229. The van der Waals surface area contributed by atoms with Gasteiger partial charge in [0.25, 0.3) is 0 Å². The van der Waals surface area contributed by atoms with E-state index in [0.29, 0.717) is 5.16 Å². The van der Waals surface area contributed by atoms with Gasteiger partial charge in [-0.25, -0.2) is 15.0 Å². The predicted molar refractivity (Wildman–Crippen MR) is 69.9 cm³/mol. The molecule has 0 atom stereocenters. The van der Waals surface area contributed by atoms with Gasteiger partial charge in [0.05, 0.1) is 5.56 Å². The van der Waals surface area contributed by atoms with E-state index in [-0.39, 0.29) is 10.2 Å². The van der Waals surface area contributed by atoms with E-state index < -0.39 is 11.7 Å². The third-order valence-electron chi connectivity index (χ3n) is 2.26. The summed E-state index contributed by atoms with van der Waals surface area (Å²) in [6, 6.07) is 3.49. The summed E-state index contributed by atoms with van der Waals surface area (Å²) in [4.78, 5) is 12.1. The lowest BCUT2D eigenvalue weighted by Crippen LogP contribution is -2.05. The summed E-state index contributed by atoms with van der Waals surface area (Å²) < 4.78 is 38.1. The zero-order chi connectivity index (χ0) is 14.9. The van der Waals surface area contributed by atoms with Crippen LogP contribution >= 0.6 is 23.4 Å². The highest BCUT2D eigenvalue weighted by Gasteiger charge is 2.31. The molecule has 0 aliphatic carbocycles. The molecule has 2 rings (SSSR count). The van der Waals surface area contributed by atoms with Crippen molar-refractivity contribution in [2.75, 3.05) is 0 Å². The lowest BCUT2D eigenvalue weighted by molar-refractivity contribution is -0.137. The number of halogens is 4. The molecule has 0 unspecified atom stereocenters. The number of aryl methyl sites for hydroxylation is 2. The highest BCUT2D eigenvalue weighted by molar-refractivity contribution is 7.99. The van der Waals surface area contributed by atoms with Crippen LogP contribution in [-0.2, 0) is 6.18 Å². The van der Waals surface area contributed by atoms with Crippen LogP contribution in [0, 0.1) is 13.8 Å². The maximum absolute atomic E-state index is 12.7. The molecule has 0 spiro atoms. The zero-order valence-corrected chi connectivity index (χ0v) is 12.1. The Hall–Kier alpha value is -1.34. The molecule has 20 heavy (non-hydrogen) atoms. The van der Waals surface area contributed by atoms with Crippen LogP contribution in [0.1, 0.15) is 17.0 Å². The minimum Gasteiger partial charge on any atom is -0.229 e. The Morgan fingerprint density at radius 1 is 1.00 bits per heavy atom. The number of alkyl halides is 3. The summed E-state index contributed by atoms with van der Waals surface area (Å²) in [7, 11) is 0. The lowest BCUT2D eigenvalue weighted by atomic mass is 10.3. The summed E-state index contributed by atoms with van der Waals surface area (Å²) in [5.74, 6) is 0. The average Bonchev–Trinajstić information content (AvgIpc) is 2.25. The van der Waals surface area contributed by atoms with Gasteiger partial charge in [-0.2, -0.15) is 13.2 Å². The first kappa shape index (κ1) is 15.1. The summed E-state index contributed by atoms with van der Waals surface area (Å²) in [5.41, 5.74) is 0.625. The zero-order valence-electron chi connectivity index (χ0n) is 10.5. The molecule has 0 aromatic carbocycles. The van der Waals surface area contributed by atoms with Crippen LogP contribution in [0.15, 0.2) is 28.4 Å². The van der Waals surface area contributed by atoms with E-state index in [1.54, 1.807) is 19.9 Å². The van der Waals surface area contributed by atoms with Crippen molar-refractivity contribution in [3.05, 3.63) is 40.3 Å². The highest BCUT2D eigenvalue weighted by Crippen LogP contribution is 2.34. The van der Waals surface area contributed by atoms with E-state index in [0.717, 1.165) is 35.3 Å². The number of nitrogens with zero attached hydrogens (tertiary/aromatic N) is 3. The minimum atomic E-state index is -4.47. The molecule has 0 bridgehead atoms. The first-order chi connectivity index (χ1) is 9.24. The molecule has 0 radical (unpaired) electrons. The summed E-state index contributed by atoms with van der Waals surface area (Å²) in [6.07, 6.45) is -4.47. The molecule has 2 heterocycles. The monoisotopic (exact) mass is 319 g/mol. The van der Waals surface area contributed by atoms with Crippen molar-refractivity contribution in [1.29, 1.82) is 0 Å². The van der Waals surface area contributed by atoms with Gasteiger partial charge in [-0.3, -0.25) is 0 Å². The van der Waals surface area contributed by atoms with Crippen LogP contribution in [0.4, 0.5) is 13.2 Å². The van der Waals surface area contributed by atoms with Gasteiger partial charge in [0.2, 0.25) is 0 Å². The van der Waals surface area contributed by atoms with Gasteiger partial charge in [0.15, 0.2) is 5.16 Å². The molecular weight excluding hydrogens is 311 g/mol. The molecule has 0 aliphatic heterocycles. The van der Waals surface area contributed by atoms with Crippen LogP contribution in [0.2, 0.25) is 5.15 Å². The van der Waals surface area contributed by atoms with Crippen molar-refractivity contribution < 1.29 is 13.2 Å². The fraction of sp³-hybridized carbons (Fsp3) is 0.250. The molecule has 0 aliphatic rings. The highest BCUT2D eigenvalue weighted by atomic mass is 35.5. The number of hydrogen-bond acceptors (Lipinski definition) is 4. The van der Waals surface area contributed by atoms with Gasteiger partial charge in [-0.15, -0.1) is 0 Å². The molecular formula is C12H9ClF3N3S. The van der Waals surface area contributed by atoms with Gasteiger partial charge < -0.3 is 0 Å². The largest absolute Gasteiger partial charge is 0.416 e. The number of rotatable bonds is 2. The van der Waals surface area contributed by atoms with Crippen LogP contribution in [0.25, 0.3) is 0 Å². The maximum atomic E-state index is 12.7. The Kier molecular flexibility index (Phi) is 4.19. The Morgan fingerprint density at radius 3 is 2.15 bits per heavy atom. The van der Waals surface area contributed by atoms with Gasteiger partial charge in [0.1, 0.15) is 10.2 Å². The third kappa shape index (κ3) is 3.83. The summed E-state index contributed by atoms with van der Waals surface area (Å²) >= 11 is 6.56.